The summed E-state index contributed by atoms with van der Waals surface area (Å²) in [4.78, 5) is 10.2. The van der Waals surface area contributed by atoms with Crippen molar-refractivity contribution in [2.45, 2.75) is 32.0 Å². The highest BCUT2D eigenvalue weighted by Gasteiger charge is 2.20. The van der Waals surface area contributed by atoms with E-state index in [1.54, 1.807) is 19.1 Å². The first-order chi connectivity index (χ1) is 11.3. The number of halogens is 2. The molecule has 3 unspecified atom stereocenters. The fourth-order valence-electron chi connectivity index (χ4n) is 2.45. The Morgan fingerprint density at radius 2 is 1.62 bits per heavy atom. The molecular weight excluding hydrogens is 318 g/mol. The van der Waals surface area contributed by atoms with Crippen molar-refractivity contribution in [2.75, 3.05) is 0 Å². The summed E-state index contributed by atoms with van der Waals surface area (Å²) in [6.45, 7) is 3.56. The van der Waals surface area contributed by atoms with Gasteiger partial charge < -0.3 is 10.4 Å². The van der Waals surface area contributed by atoms with Crippen LogP contribution in [0.5, 0.6) is 0 Å². The van der Waals surface area contributed by atoms with Crippen LogP contribution in [0.2, 0.25) is 0 Å². The van der Waals surface area contributed by atoms with Gasteiger partial charge in [0, 0.05) is 24.2 Å². The Morgan fingerprint density at radius 3 is 2.17 bits per heavy atom. The number of nitrogens with zero attached hydrogens (tertiary/aromatic N) is 1. The first-order valence-corrected chi connectivity index (χ1v) is 7.43. The summed E-state index contributed by atoms with van der Waals surface area (Å²) in [5.41, 5.74) is 1.08. The molecule has 0 amide bonds. The SMILES string of the molecule is CC(NC(C)C(O)c1ccc(F)c(F)c1)c1ccc([N+](=O)[O-])cc1. The molecule has 0 radical (unpaired) electrons. The zero-order valence-corrected chi connectivity index (χ0v) is 13.2. The van der Waals surface area contributed by atoms with Gasteiger partial charge in [0.1, 0.15) is 0 Å². The minimum Gasteiger partial charge on any atom is -0.387 e. The Kier molecular flexibility index (Phi) is 5.58. The number of non-ortho nitro benzene ring substituents is 1. The minimum atomic E-state index is -1.03. The van der Waals surface area contributed by atoms with Crippen LogP contribution in [0.25, 0.3) is 0 Å². The molecule has 0 spiro atoms. The number of aliphatic hydroxyl groups excluding tert-OH is 1. The van der Waals surface area contributed by atoms with E-state index >= 15 is 0 Å². The molecule has 128 valence electrons. The highest BCUT2D eigenvalue weighted by atomic mass is 19.2. The van der Waals surface area contributed by atoms with Gasteiger partial charge in [-0.25, -0.2) is 8.78 Å². The Morgan fingerprint density at radius 1 is 1.04 bits per heavy atom. The molecule has 0 heterocycles. The number of nitro groups is 1. The molecule has 0 aliphatic carbocycles. The Balaban J connectivity index is 2.05. The summed E-state index contributed by atoms with van der Waals surface area (Å²) in [6, 6.07) is 8.71. The fraction of sp³-hybridized carbons (Fsp3) is 0.294. The van der Waals surface area contributed by atoms with Crippen LogP contribution in [0.4, 0.5) is 14.5 Å². The molecule has 0 bridgehead atoms. The maximum atomic E-state index is 13.3. The van der Waals surface area contributed by atoms with E-state index < -0.39 is 28.7 Å². The maximum Gasteiger partial charge on any atom is 0.269 e. The lowest BCUT2D eigenvalue weighted by Gasteiger charge is -2.25. The van der Waals surface area contributed by atoms with Gasteiger partial charge in [-0.05, 0) is 37.1 Å². The van der Waals surface area contributed by atoms with Crippen LogP contribution >= 0.6 is 0 Å². The summed E-state index contributed by atoms with van der Waals surface area (Å²) in [5, 5.41) is 24.1. The van der Waals surface area contributed by atoms with Gasteiger partial charge in [-0.2, -0.15) is 0 Å². The number of nitro benzene ring substituents is 1. The first-order valence-electron chi connectivity index (χ1n) is 7.43. The van der Waals surface area contributed by atoms with Crippen LogP contribution in [0.15, 0.2) is 42.5 Å². The topological polar surface area (TPSA) is 75.4 Å². The molecular formula is C17H18F2N2O3. The quantitative estimate of drug-likeness (QED) is 0.624. The third-order valence-electron chi connectivity index (χ3n) is 3.88. The molecule has 24 heavy (non-hydrogen) atoms. The lowest BCUT2D eigenvalue weighted by atomic mass is 10.0. The van der Waals surface area contributed by atoms with Crippen LogP contribution in [-0.4, -0.2) is 16.1 Å². The lowest BCUT2D eigenvalue weighted by Crippen LogP contribution is -2.34. The van der Waals surface area contributed by atoms with E-state index in [0.29, 0.717) is 0 Å². The van der Waals surface area contributed by atoms with Gasteiger partial charge in [0.05, 0.1) is 11.0 Å². The van der Waals surface area contributed by atoms with Crippen molar-refractivity contribution in [2.24, 2.45) is 0 Å². The van der Waals surface area contributed by atoms with E-state index in [1.807, 2.05) is 6.92 Å². The van der Waals surface area contributed by atoms with Gasteiger partial charge in [0.2, 0.25) is 0 Å². The number of hydrogen-bond donors (Lipinski definition) is 2. The second-order valence-corrected chi connectivity index (χ2v) is 5.64. The number of nitrogens with one attached hydrogen (secondary N) is 1. The molecule has 0 saturated heterocycles. The monoisotopic (exact) mass is 336 g/mol. The van der Waals surface area contributed by atoms with Gasteiger partial charge in [0.15, 0.2) is 11.6 Å². The van der Waals surface area contributed by atoms with Gasteiger partial charge >= 0.3 is 0 Å². The summed E-state index contributed by atoms with van der Waals surface area (Å²) in [7, 11) is 0. The third-order valence-corrected chi connectivity index (χ3v) is 3.88. The van der Waals surface area contributed by atoms with Crippen LogP contribution in [0.1, 0.15) is 37.1 Å². The predicted molar refractivity (Wildman–Crippen MR) is 85.4 cm³/mol. The predicted octanol–water partition coefficient (Wildman–Crippen LogP) is 3.65. The first kappa shape index (κ1) is 18.0. The number of hydrogen-bond acceptors (Lipinski definition) is 4. The van der Waals surface area contributed by atoms with Gasteiger partial charge in [-0.15, -0.1) is 0 Å². The van der Waals surface area contributed by atoms with E-state index in [9.17, 15) is 24.0 Å². The number of rotatable bonds is 6. The summed E-state index contributed by atoms with van der Waals surface area (Å²) in [6.07, 6.45) is -1.03. The van der Waals surface area contributed by atoms with E-state index in [2.05, 4.69) is 5.32 Å². The molecule has 0 fully saturated rings. The summed E-state index contributed by atoms with van der Waals surface area (Å²) < 4.78 is 26.2. The van der Waals surface area contributed by atoms with Crippen molar-refractivity contribution in [1.82, 2.24) is 5.32 Å². The normalized spacial score (nSPS) is 14.9. The van der Waals surface area contributed by atoms with E-state index in [1.165, 1.54) is 18.2 Å². The molecule has 5 nitrogen and oxygen atoms in total. The molecule has 0 aromatic heterocycles. The van der Waals surface area contributed by atoms with Crippen molar-refractivity contribution in [1.29, 1.82) is 0 Å². The fourth-order valence-corrected chi connectivity index (χ4v) is 2.45. The summed E-state index contributed by atoms with van der Waals surface area (Å²) in [5.74, 6) is -1.98. The van der Waals surface area contributed by atoms with Crippen LogP contribution < -0.4 is 5.32 Å². The van der Waals surface area contributed by atoms with E-state index in [-0.39, 0.29) is 17.3 Å². The van der Waals surface area contributed by atoms with Crippen molar-refractivity contribution < 1.29 is 18.8 Å². The summed E-state index contributed by atoms with van der Waals surface area (Å²) >= 11 is 0. The second-order valence-electron chi connectivity index (χ2n) is 5.64. The molecule has 0 aliphatic heterocycles. The molecule has 2 rings (SSSR count). The Bertz CT molecular complexity index is 722. The Labute approximate surface area is 138 Å². The highest BCUT2D eigenvalue weighted by molar-refractivity contribution is 5.34. The molecule has 0 saturated carbocycles. The standard InChI is InChI=1S/C17H18F2N2O3/c1-10(12-3-6-14(7-4-12)21(23)24)20-11(2)17(22)13-5-8-15(18)16(19)9-13/h3-11,17,20,22H,1-2H3. The largest absolute Gasteiger partial charge is 0.387 e. The molecule has 2 N–H and O–H groups in total. The molecule has 3 atom stereocenters. The van der Waals surface area contributed by atoms with Crippen molar-refractivity contribution in [3.8, 4) is 0 Å². The highest BCUT2D eigenvalue weighted by Crippen LogP contribution is 2.23. The van der Waals surface area contributed by atoms with E-state index in [0.717, 1.165) is 17.7 Å². The van der Waals surface area contributed by atoms with Crippen LogP contribution in [0.3, 0.4) is 0 Å². The van der Waals surface area contributed by atoms with Crippen molar-refractivity contribution >= 4 is 5.69 Å². The molecule has 7 heteroatoms. The average Bonchev–Trinajstić information content (AvgIpc) is 2.56. The molecule has 2 aromatic carbocycles. The zero-order chi connectivity index (χ0) is 17.9. The zero-order valence-electron chi connectivity index (χ0n) is 13.2. The Hall–Kier alpha value is -2.38. The smallest absolute Gasteiger partial charge is 0.269 e. The maximum absolute atomic E-state index is 13.3. The minimum absolute atomic E-state index is 0.000760. The second kappa shape index (κ2) is 7.46. The van der Waals surface area contributed by atoms with Crippen molar-refractivity contribution in [3.63, 3.8) is 0 Å². The number of benzene rings is 2. The third kappa shape index (κ3) is 4.12. The average molecular weight is 336 g/mol. The van der Waals surface area contributed by atoms with Crippen molar-refractivity contribution in [3.05, 3.63) is 75.3 Å². The molecule has 0 aliphatic rings. The van der Waals surface area contributed by atoms with E-state index in [4.69, 9.17) is 0 Å². The van der Waals surface area contributed by atoms with Gasteiger partial charge in [-0.1, -0.05) is 18.2 Å². The van der Waals surface area contributed by atoms with Gasteiger partial charge in [-0.3, -0.25) is 10.1 Å². The number of aliphatic hydroxyl groups is 1. The van der Waals surface area contributed by atoms with Crippen LogP contribution in [0, 0.1) is 21.7 Å². The van der Waals surface area contributed by atoms with Gasteiger partial charge in [0.25, 0.3) is 5.69 Å². The lowest BCUT2D eigenvalue weighted by molar-refractivity contribution is -0.384. The molecule has 2 aromatic rings. The van der Waals surface area contributed by atoms with Crippen LogP contribution in [-0.2, 0) is 0 Å².